The van der Waals surface area contributed by atoms with Crippen LogP contribution in [0.5, 0.6) is 5.75 Å². The number of halogens is 1. The molecule has 1 aliphatic rings. The second-order valence-corrected chi connectivity index (χ2v) is 5.75. The van der Waals surface area contributed by atoms with E-state index in [9.17, 15) is 5.11 Å². The van der Waals surface area contributed by atoms with Crippen molar-refractivity contribution in [1.29, 1.82) is 0 Å². The summed E-state index contributed by atoms with van der Waals surface area (Å²) in [6.45, 7) is 1.48. The lowest BCUT2D eigenvalue weighted by molar-refractivity contribution is 0.0830. The molecule has 3 rings (SSSR count). The Bertz CT molecular complexity index is 579. The number of phenolic OH excluding ortho intramolecular Hbond substituents is 1. The second kappa shape index (κ2) is 5.46. The van der Waals surface area contributed by atoms with Gasteiger partial charge in [-0.2, -0.15) is 4.98 Å². The number of benzene rings is 1. The number of aromatic nitrogens is 2. The normalized spacial score (nSPS) is 16.7. The van der Waals surface area contributed by atoms with Crippen molar-refractivity contribution in [2.24, 2.45) is 0 Å². The van der Waals surface area contributed by atoms with Gasteiger partial charge in [0.2, 0.25) is 0 Å². The summed E-state index contributed by atoms with van der Waals surface area (Å²) in [6, 6.07) is 5.29. The fourth-order valence-electron chi connectivity index (χ4n) is 2.15. The van der Waals surface area contributed by atoms with Gasteiger partial charge in [-0.1, -0.05) is 5.16 Å². The Balaban J connectivity index is 1.89. The zero-order valence-corrected chi connectivity index (χ0v) is 12.3. The smallest absolute Gasteiger partial charge is 0.261 e. The molecule has 1 aliphatic heterocycles. The van der Waals surface area contributed by atoms with E-state index in [4.69, 9.17) is 9.26 Å². The summed E-state index contributed by atoms with van der Waals surface area (Å²) in [5.74, 6) is 1.52. The molecular formula is C13H13IN2O3. The third kappa shape index (κ3) is 2.74. The van der Waals surface area contributed by atoms with Crippen molar-refractivity contribution < 1.29 is 14.4 Å². The lowest BCUT2D eigenvalue weighted by Gasteiger charge is -2.18. The van der Waals surface area contributed by atoms with Crippen LogP contribution in [0.4, 0.5) is 0 Å². The molecule has 1 aromatic carbocycles. The van der Waals surface area contributed by atoms with Crippen LogP contribution in [0.2, 0.25) is 0 Å². The van der Waals surface area contributed by atoms with Crippen LogP contribution in [-0.4, -0.2) is 28.5 Å². The molecule has 0 radical (unpaired) electrons. The van der Waals surface area contributed by atoms with Crippen molar-refractivity contribution in [2.75, 3.05) is 13.2 Å². The molecule has 1 aromatic heterocycles. The minimum atomic E-state index is 0.155. The van der Waals surface area contributed by atoms with Gasteiger partial charge >= 0.3 is 0 Å². The SMILES string of the molecule is Oc1ccc(I)cc1-c1nc(C2CCOCC2)no1. The number of hydrogen-bond donors (Lipinski definition) is 1. The highest BCUT2D eigenvalue weighted by Gasteiger charge is 2.22. The summed E-state index contributed by atoms with van der Waals surface area (Å²) >= 11 is 2.18. The molecule has 0 aliphatic carbocycles. The molecule has 0 bridgehead atoms. The molecule has 2 aromatic rings. The van der Waals surface area contributed by atoms with E-state index in [0.717, 1.165) is 29.6 Å². The maximum Gasteiger partial charge on any atom is 0.261 e. The predicted molar refractivity (Wildman–Crippen MR) is 76.9 cm³/mol. The van der Waals surface area contributed by atoms with Gasteiger partial charge in [-0.25, -0.2) is 0 Å². The Kier molecular flexibility index (Phi) is 3.69. The van der Waals surface area contributed by atoms with E-state index in [2.05, 4.69) is 32.7 Å². The molecule has 0 atom stereocenters. The number of hydrogen-bond acceptors (Lipinski definition) is 5. The number of aromatic hydroxyl groups is 1. The molecule has 100 valence electrons. The van der Waals surface area contributed by atoms with Gasteiger partial charge in [-0.15, -0.1) is 0 Å². The summed E-state index contributed by atoms with van der Waals surface area (Å²) in [4.78, 5) is 4.41. The van der Waals surface area contributed by atoms with Crippen LogP contribution < -0.4 is 0 Å². The zero-order chi connectivity index (χ0) is 13.2. The van der Waals surface area contributed by atoms with Crippen molar-refractivity contribution in [3.63, 3.8) is 0 Å². The van der Waals surface area contributed by atoms with Gasteiger partial charge in [0, 0.05) is 22.7 Å². The van der Waals surface area contributed by atoms with E-state index in [1.807, 2.05) is 12.1 Å². The molecule has 1 saturated heterocycles. The summed E-state index contributed by atoms with van der Waals surface area (Å²) < 4.78 is 11.6. The minimum absolute atomic E-state index is 0.155. The molecule has 1 N–H and O–H groups in total. The van der Waals surface area contributed by atoms with Crippen LogP contribution in [0.1, 0.15) is 24.6 Å². The van der Waals surface area contributed by atoms with Crippen molar-refractivity contribution in [3.05, 3.63) is 27.6 Å². The summed E-state index contributed by atoms with van der Waals surface area (Å²) in [5.41, 5.74) is 0.581. The maximum atomic E-state index is 9.86. The van der Waals surface area contributed by atoms with E-state index in [1.165, 1.54) is 0 Å². The number of ether oxygens (including phenoxy) is 1. The third-order valence-electron chi connectivity index (χ3n) is 3.22. The van der Waals surface area contributed by atoms with E-state index in [0.29, 0.717) is 17.3 Å². The monoisotopic (exact) mass is 372 g/mol. The first-order valence-corrected chi connectivity index (χ1v) is 7.22. The van der Waals surface area contributed by atoms with Crippen LogP contribution in [0.3, 0.4) is 0 Å². The molecule has 0 unspecified atom stereocenters. The Hall–Kier alpha value is -1.15. The Morgan fingerprint density at radius 3 is 2.84 bits per heavy atom. The van der Waals surface area contributed by atoms with Gasteiger partial charge in [0.05, 0.1) is 5.56 Å². The van der Waals surface area contributed by atoms with Crippen molar-refractivity contribution in [1.82, 2.24) is 10.1 Å². The lowest BCUT2D eigenvalue weighted by Crippen LogP contribution is -2.15. The first-order chi connectivity index (χ1) is 9.24. The first-order valence-electron chi connectivity index (χ1n) is 6.14. The fraction of sp³-hybridized carbons (Fsp3) is 0.385. The van der Waals surface area contributed by atoms with Gasteiger partial charge in [-0.3, -0.25) is 0 Å². The van der Waals surface area contributed by atoms with Crippen molar-refractivity contribution >= 4 is 22.6 Å². The Morgan fingerprint density at radius 2 is 2.05 bits per heavy atom. The highest BCUT2D eigenvalue weighted by atomic mass is 127. The van der Waals surface area contributed by atoms with E-state index >= 15 is 0 Å². The molecule has 19 heavy (non-hydrogen) atoms. The lowest BCUT2D eigenvalue weighted by atomic mass is 10.00. The molecule has 5 nitrogen and oxygen atoms in total. The van der Waals surface area contributed by atoms with E-state index in [1.54, 1.807) is 6.07 Å². The van der Waals surface area contributed by atoms with Gasteiger partial charge in [0.15, 0.2) is 5.82 Å². The van der Waals surface area contributed by atoms with Crippen molar-refractivity contribution in [3.8, 4) is 17.2 Å². The van der Waals surface area contributed by atoms with Gasteiger partial charge in [0.25, 0.3) is 5.89 Å². The number of phenols is 1. The summed E-state index contributed by atoms with van der Waals surface area (Å²) in [6.07, 6.45) is 1.83. The average Bonchev–Trinajstić information content (AvgIpc) is 2.92. The van der Waals surface area contributed by atoms with Crippen LogP contribution in [0.25, 0.3) is 11.5 Å². The van der Waals surface area contributed by atoms with Gasteiger partial charge < -0.3 is 14.4 Å². The highest BCUT2D eigenvalue weighted by Crippen LogP contribution is 2.31. The molecule has 0 saturated carbocycles. The van der Waals surface area contributed by atoms with Gasteiger partial charge in [-0.05, 0) is 53.6 Å². The number of rotatable bonds is 2. The summed E-state index contributed by atoms with van der Waals surface area (Å²) in [7, 11) is 0. The fourth-order valence-corrected chi connectivity index (χ4v) is 2.64. The quantitative estimate of drug-likeness (QED) is 0.822. The topological polar surface area (TPSA) is 68.4 Å². The van der Waals surface area contributed by atoms with Crippen LogP contribution >= 0.6 is 22.6 Å². The van der Waals surface area contributed by atoms with Crippen LogP contribution in [-0.2, 0) is 4.74 Å². The summed E-state index contributed by atoms with van der Waals surface area (Å²) in [5, 5.41) is 13.9. The third-order valence-corrected chi connectivity index (χ3v) is 3.89. The van der Waals surface area contributed by atoms with Crippen molar-refractivity contribution in [2.45, 2.75) is 18.8 Å². The van der Waals surface area contributed by atoms with Crippen LogP contribution in [0, 0.1) is 3.57 Å². The number of nitrogens with zero attached hydrogens (tertiary/aromatic N) is 2. The first kappa shape index (κ1) is 12.9. The minimum Gasteiger partial charge on any atom is -0.507 e. The Labute approximate surface area is 124 Å². The molecule has 0 spiro atoms. The maximum absolute atomic E-state index is 9.86. The Morgan fingerprint density at radius 1 is 1.26 bits per heavy atom. The largest absolute Gasteiger partial charge is 0.507 e. The highest BCUT2D eigenvalue weighted by molar-refractivity contribution is 14.1. The molecule has 1 fully saturated rings. The van der Waals surface area contributed by atoms with Gasteiger partial charge in [0.1, 0.15) is 5.75 Å². The second-order valence-electron chi connectivity index (χ2n) is 4.51. The van der Waals surface area contributed by atoms with E-state index in [-0.39, 0.29) is 11.7 Å². The molecule has 2 heterocycles. The molecule has 6 heteroatoms. The van der Waals surface area contributed by atoms with E-state index < -0.39 is 0 Å². The predicted octanol–water partition coefficient (Wildman–Crippen LogP) is 2.94. The average molecular weight is 372 g/mol. The zero-order valence-electron chi connectivity index (χ0n) is 10.2. The molecule has 0 amide bonds. The standard InChI is InChI=1S/C13H13IN2O3/c14-9-1-2-11(17)10(7-9)13-15-12(16-19-13)8-3-5-18-6-4-8/h1-2,7-8,17H,3-6H2. The molecular weight excluding hydrogens is 359 g/mol. The van der Waals surface area contributed by atoms with Crippen LogP contribution in [0.15, 0.2) is 22.7 Å².